The van der Waals surface area contributed by atoms with Gasteiger partial charge in [0, 0.05) is 38.3 Å². The summed E-state index contributed by atoms with van der Waals surface area (Å²) in [5.74, 6) is 0. The van der Waals surface area contributed by atoms with Crippen LogP contribution < -0.4 is 10.2 Å². The van der Waals surface area contributed by atoms with Gasteiger partial charge in [-0.25, -0.2) is 0 Å². The van der Waals surface area contributed by atoms with Gasteiger partial charge in [0.25, 0.3) is 0 Å². The minimum absolute atomic E-state index is 0.742. The van der Waals surface area contributed by atoms with Gasteiger partial charge in [-0.15, -0.1) is 0 Å². The maximum absolute atomic E-state index is 6.55. The van der Waals surface area contributed by atoms with Crippen molar-refractivity contribution in [1.29, 1.82) is 0 Å². The van der Waals surface area contributed by atoms with Crippen LogP contribution in [0.15, 0.2) is 18.2 Å². The lowest BCUT2D eigenvalue weighted by Gasteiger charge is -2.39. The quantitative estimate of drug-likeness (QED) is 0.923. The summed E-state index contributed by atoms with van der Waals surface area (Å²) in [4.78, 5) is 5.12. The molecule has 0 bridgehead atoms. The topological polar surface area (TPSA) is 18.5 Å². The molecular formula is C17H24ClN3. The summed E-state index contributed by atoms with van der Waals surface area (Å²) in [6.45, 7) is 5.67. The number of hydrogen-bond donors (Lipinski definition) is 1. The number of piperazine rings is 1. The van der Waals surface area contributed by atoms with Crippen LogP contribution in [0.4, 0.5) is 5.69 Å². The number of rotatable bonds is 4. The summed E-state index contributed by atoms with van der Waals surface area (Å²) in [7, 11) is 0. The van der Waals surface area contributed by atoms with Crippen LogP contribution in [0.25, 0.3) is 0 Å². The summed E-state index contributed by atoms with van der Waals surface area (Å²) in [6.07, 6.45) is 5.37. The molecular weight excluding hydrogens is 282 g/mol. The maximum Gasteiger partial charge on any atom is 0.0642 e. The van der Waals surface area contributed by atoms with Crippen LogP contribution in [-0.4, -0.2) is 43.2 Å². The standard InChI is InChI=1S/C17H24ClN3/c18-16-10-13(11-19-14-4-5-14)3-6-17(16)21-9-8-20-7-1-2-15(20)12-21/h3,6,10,14-15,19H,1-2,4-5,7-9,11-12H2. The third kappa shape index (κ3) is 3.05. The molecule has 0 amide bonds. The third-order valence-electron chi connectivity index (χ3n) is 5.11. The molecule has 2 heterocycles. The first kappa shape index (κ1) is 13.9. The molecule has 0 radical (unpaired) electrons. The second-order valence-corrected chi connectivity index (χ2v) is 7.13. The summed E-state index contributed by atoms with van der Waals surface area (Å²) in [5, 5.41) is 4.46. The van der Waals surface area contributed by atoms with Crippen molar-refractivity contribution in [2.45, 2.75) is 44.3 Å². The summed E-state index contributed by atoms with van der Waals surface area (Å²) in [6, 6.07) is 8.09. The third-order valence-corrected chi connectivity index (χ3v) is 5.42. The van der Waals surface area contributed by atoms with Crippen molar-refractivity contribution < 1.29 is 0 Å². The van der Waals surface area contributed by atoms with Crippen molar-refractivity contribution >= 4 is 17.3 Å². The van der Waals surface area contributed by atoms with Gasteiger partial charge in [-0.1, -0.05) is 17.7 Å². The van der Waals surface area contributed by atoms with E-state index in [2.05, 4.69) is 33.3 Å². The number of hydrogen-bond acceptors (Lipinski definition) is 3. The van der Waals surface area contributed by atoms with Crippen molar-refractivity contribution in [2.24, 2.45) is 0 Å². The number of nitrogens with one attached hydrogen (secondary N) is 1. The van der Waals surface area contributed by atoms with Crippen molar-refractivity contribution in [3.05, 3.63) is 28.8 Å². The Kier molecular flexibility index (Phi) is 3.82. The molecule has 3 nitrogen and oxygen atoms in total. The second-order valence-electron chi connectivity index (χ2n) is 6.72. The zero-order valence-corrected chi connectivity index (χ0v) is 13.3. The van der Waals surface area contributed by atoms with Gasteiger partial charge in [0.1, 0.15) is 0 Å². The zero-order valence-electron chi connectivity index (χ0n) is 12.5. The Morgan fingerprint density at radius 1 is 1.14 bits per heavy atom. The second kappa shape index (κ2) is 5.79. The normalized spacial score (nSPS) is 26.1. The number of anilines is 1. The molecule has 1 aromatic carbocycles. The molecule has 0 spiro atoms. The number of benzene rings is 1. The fraction of sp³-hybridized carbons (Fsp3) is 0.647. The Balaban J connectivity index is 1.44. The minimum atomic E-state index is 0.742. The van der Waals surface area contributed by atoms with Crippen molar-refractivity contribution in [2.75, 3.05) is 31.1 Å². The number of fused-ring (bicyclic) bond motifs is 1. The highest BCUT2D eigenvalue weighted by Crippen LogP contribution is 2.31. The van der Waals surface area contributed by atoms with Crippen LogP contribution in [0.5, 0.6) is 0 Å². The summed E-state index contributed by atoms with van der Waals surface area (Å²) in [5.41, 5.74) is 2.52. The van der Waals surface area contributed by atoms with E-state index in [-0.39, 0.29) is 0 Å². The van der Waals surface area contributed by atoms with E-state index >= 15 is 0 Å². The average molecular weight is 306 g/mol. The van der Waals surface area contributed by atoms with E-state index in [1.807, 2.05) is 0 Å². The molecule has 2 aliphatic heterocycles. The zero-order chi connectivity index (χ0) is 14.2. The van der Waals surface area contributed by atoms with E-state index in [1.165, 1.54) is 50.0 Å². The predicted molar refractivity (Wildman–Crippen MR) is 88.1 cm³/mol. The van der Waals surface area contributed by atoms with E-state index in [0.29, 0.717) is 0 Å². The van der Waals surface area contributed by atoms with Gasteiger partial charge in [-0.3, -0.25) is 4.90 Å². The molecule has 1 aromatic rings. The lowest BCUT2D eigenvalue weighted by atomic mass is 10.1. The van der Waals surface area contributed by atoms with E-state index in [4.69, 9.17) is 11.6 Å². The molecule has 1 atom stereocenters. The van der Waals surface area contributed by atoms with Gasteiger partial charge >= 0.3 is 0 Å². The Labute approximate surface area is 132 Å². The van der Waals surface area contributed by atoms with Crippen molar-refractivity contribution in [3.63, 3.8) is 0 Å². The van der Waals surface area contributed by atoms with E-state index in [9.17, 15) is 0 Å². The van der Waals surface area contributed by atoms with Crippen LogP contribution in [0, 0.1) is 0 Å². The summed E-state index contributed by atoms with van der Waals surface area (Å²) >= 11 is 6.55. The number of halogens is 1. The van der Waals surface area contributed by atoms with Crippen LogP contribution >= 0.6 is 11.6 Å². The Morgan fingerprint density at radius 2 is 2.05 bits per heavy atom. The molecule has 4 rings (SSSR count). The molecule has 21 heavy (non-hydrogen) atoms. The van der Waals surface area contributed by atoms with Gasteiger partial charge < -0.3 is 10.2 Å². The predicted octanol–water partition coefficient (Wildman–Crippen LogP) is 2.88. The van der Waals surface area contributed by atoms with Crippen LogP contribution in [0.2, 0.25) is 5.02 Å². The first-order valence-electron chi connectivity index (χ1n) is 8.30. The van der Waals surface area contributed by atoms with Crippen molar-refractivity contribution in [1.82, 2.24) is 10.2 Å². The van der Waals surface area contributed by atoms with E-state index < -0.39 is 0 Å². The molecule has 1 unspecified atom stereocenters. The highest BCUT2D eigenvalue weighted by molar-refractivity contribution is 6.33. The average Bonchev–Trinajstić information content (AvgIpc) is 3.21. The molecule has 0 aromatic heterocycles. The van der Waals surface area contributed by atoms with Gasteiger partial charge in [0.2, 0.25) is 0 Å². The monoisotopic (exact) mass is 305 g/mol. The lowest BCUT2D eigenvalue weighted by Crippen LogP contribution is -2.50. The highest BCUT2D eigenvalue weighted by Gasteiger charge is 2.31. The first-order chi connectivity index (χ1) is 10.3. The molecule has 1 aliphatic carbocycles. The molecule has 1 saturated carbocycles. The van der Waals surface area contributed by atoms with Crippen LogP contribution in [0.1, 0.15) is 31.2 Å². The van der Waals surface area contributed by atoms with Gasteiger partial charge in [0.15, 0.2) is 0 Å². The minimum Gasteiger partial charge on any atom is -0.367 e. The Bertz CT molecular complexity index is 515. The largest absolute Gasteiger partial charge is 0.367 e. The molecule has 2 saturated heterocycles. The smallest absolute Gasteiger partial charge is 0.0642 e. The maximum atomic E-state index is 6.55. The fourth-order valence-corrected chi connectivity index (χ4v) is 4.00. The molecule has 3 fully saturated rings. The first-order valence-corrected chi connectivity index (χ1v) is 8.68. The molecule has 3 aliphatic rings. The van der Waals surface area contributed by atoms with E-state index in [0.717, 1.165) is 36.7 Å². The van der Waals surface area contributed by atoms with E-state index in [1.54, 1.807) is 0 Å². The Hall–Kier alpha value is -0.770. The molecule has 114 valence electrons. The fourth-order valence-electron chi connectivity index (χ4n) is 3.68. The van der Waals surface area contributed by atoms with Gasteiger partial charge in [-0.05, 0) is 49.9 Å². The molecule has 4 heteroatoms. The van der Waals surface area contributed by atoms with Gasteiger partial charge in [0.05, 0.1) is 10.7 Å². The van der Waals surface area contributed by atoms with Crippen molar-refractivity contribution in [3.8, 4) is 0 Å². The van der Waals surface area contributed by atoms with Gasteiger partial charge in [-0.2, -0.15) is 0 Å². The highest BCUT2D eigenvalue weighted by atomic mass is 35.5. The van der Waals surface area contributed by atoms with Crippen LogP contribution in [-0.2, 0) is 6.54 Å². The van der Waals surface area contributed by atoms with Crippen LogP contribution in [0.3, 0.4) is 0 Å². The Morgan fingerprint density at radius 3 is 2.86 bits per heavy atom. The lowest BCUT2D eigenvalue weighted by molar-refractivity contribution is 0.231. The SMILES string of the molecule is Clc1cc(CNC2CC2)ccc1N1CCN2CCCC2C1. The number of nitrogens with zero attached hydrogens (tertiary/aromatic N) is 2. The molecule has 1 N–H and O–H groups in total. The summed E-state index contributed by atoms with van der Waals surface area (Å²) < 4.78 is 0.